The molecule has 0 aliphatic rings. The number of hydrogen-bond acceptors (Lipinski definition) is 4. The van der Waals surface area contributed by atoms with Gasteiger partial charge < -0.3 is 0 Å². The third kappa shape index (κ3) is 5.20. The van der Waals surface area contributed by atoms with E-state index in [1.807, 2.05) is 37.3 Å². The molecule has 0 aliphatic heterocycles. The van der Waals surface area contributed by atoms with E-state index in [1.165, 1.54) is 7.02 Å². The van der Waals surface area contributed by atoms with Gasteiger partial charge in [-0.15, -0.1) is 0 Å². The maximum absolute atomic E-state index is 6.21. The molecule has 0 saturated heterocycles. The quantitative estimate of drug-likeness (QED) is 0.271. The molecule has 3 aromatic rings. The van der Waals surface area contributed by atoms with Crippen LogP contribution >= 0.6 is 8.85 Å². The van der Waals surface area contributed by atoms with Gasteiger partial charge in [-0.25, -0.2) is 0 Å². The van der Waals surface area contributed by atoms with Gasteiger partial charge in [0, 0.05) is 0 Å². The van der Waals surface area contributed by atoms with Crippen molar-refractivity contribution in [3.63, 3.8) is 0 Å². The number of hydrogen-bond donors (Lipinski definition) is 1. The van der Waals surface area contributed by atoms with Crippen molar-refractivity contribution >= 4 is 45.6 Å². The molecule has 0 amide bonds. The molecule has 0 spiro atoms. The standard InChI is InChI=1S/C8H10N4S.2C6H5.Sb/c1-6(11-12-8(9)13)7-4-2-3-5-10-7;2*1-2-4-6-5-3-1;/h2-5H,1H3,(H3,9,12,13);2*1-5H;/q;;;+1/p-1/b11-6+;;;. The summed E-state index contributed by atoms with van der Waals surface area (Å²) in [5.74, 6) is 0. The van der Waals surface area contributed by atoms with Crippen LogP contribution in [0.15, 0.2) is 95.3 Å². The first-order valence-corrected chi connectivity index (χ1v) is 14.6. The van der Waals surface area contributed by atoms with Gasteiger partial charge in [0.25, 0.3) is 0 Å². The average Bonchev–Trinajstić information content (AvgIpc) is 2.72. The number of pyridine rings is 1. The van der Waals surface area contributed by atoms with Gasteiger partial charge in [-0.1, -0.05) is 0 Å². The van der Waals surface area contributed by atoms with Crippen LogP contribution in [0.1, 0.15) is 12.6 Å². The Hall–Kier alpha value is -2.10. The Morgan fingerprint density at radius 1 is 0.846 bits per heavy atom. The first kappa shape index (κ1) is 18.7. The molecule has 0 bridgehead atoms. The van der Waals surface area contributed by atoms with Crippen molar-refractivity contribution in [3.05, 3.63) is 90.8 Å². The molecule has 2 aromatic carbocycles. The molecule has 4 nitrogen and oxygen atoms in total. The Morgan fingerprint density at radius 2 is 1.42 bits per heavy atom. The number of nitrogens with zero attached hydrogens (tertiary/aromatic N) is 3. The molecule has 130 valence electrons. The van der Waals surface area contributed by atoms with E-state index < -0.39 is 18.8 Å². The van der Waals surface area contributed by atoms with E-state index >= 15 is 0 Å². The van der Waals surface area contributed by atoms with Gasteiger partial charge in [0.1, 0.15) is 0 Å². The third-order valence-electron chi connectivity index (χ3n) is 3.50. The molecule has 6 heteroatoms. The van der Waals surface area contributed by atoms with Crippen molar-refractivity contribution < 1.29 is 0 Å². The van der Waals surface area contributed by atoms with Crippen molar-refractivity contribution in [2.45, 2.75) is 6.92 Å². The van der Waals surface area contributed by atoms with Crippen LogP contribution < -0.4 is 12.8 Å². The zero-order valence-corrected chi connectivity index (χ0v) is 17.7. The monoisotopic (exact) mass is 468 g/mol. The Bertz CT molecular complexity index is 844. The van der Waals surface area contributed by atoms with Crippen LogP contribution in [-0.4, -0.2) is 34.7 Å². The summed E-state index contributed by atoms with van der Waals surface area (Å²) in [6.45, 7) is 1.89. The van der Waals surface area contributed by atoms with Crippen LogP contribution in [-0.2, 0) is 0 Å². The molecule has 0 radical (unpaired) electrons. The van der Waals surface area contributed by atoms with Gasteiger partial charge in [0.15, 0.2) is 0 Å². The molecular formula is C20H19N4SSb. The van der Waals surface area contributed by atoms with Crippen molar-refractivity contribution in [2.24, 2.45) is 15.9 Å². The maximum atomic E-state index is 6.21. The van der Waals surface area contributed by atoms with E-state index in [0.29, 0.717) is 5.17 Å². The molecule has 2 N–H and O–H groups in total. The summed E-state index contributed by atoms with van der Waals surface area (Å²) in [5.41, 5.74) is 7.76. The fraction of sp³-hybridized carbons (Fsp3) is 0.0500. The number of nitrogens with two attached hydrogens (primary N) is 1. The van der Waals surface area contributed by atoms with Gasteiger partial charge >= 0.3 is 164 Å². The van der Waals surface area contributed by atoms with Crippen LogP contribution in [0.25, 0.3) is 0 Å². The van der Waals surface area contributed by atoms with Crippen LogP contribution in [0.5, 0.6) is 0 Å². The van der Waals surface area contributed by atoms with Crippen molar-refractivity contribution in [1.82, 2.24) is 4.98 Å². The van der Waals surface area contributed by atoms with Crippen LogP contribution in [0, 0.1) is 0 Å². The number of aromatic nitrogens is 1. The van der Waals surface area contributed by atoms with E-state index in [4.69, 9.17) is 5.73 Å². The number of benzene rings is 2. The molecule has 0 fully saturated rings. The summed E-state index contributed by atoms with van der Waals surface area (Å²) in [7, 11) is 1.67. The molecule has 1 aromatic heterocycles. The minimum absolute atomic E-state index is 0.496. The van der Waals surface area contributed by atoms with Crippen LogP contribution in [0.2, 0.25) is 0 Å². The second kappa shape index (κ2) is 9.56. The summed E-state index contributed by atoms with van der Waals surface area (Å²) in [4.78, 5) is 4.28. The zero-order chi connectivity index (χ0) is 18.2. The minimum atomic E-state index is -2.09. The first-order chi connectivity index (χ1) is 12.7. The molecule has 26 heavy (non-hydrogen) atoms. The van der Waals surface area contributed by atoms with Crippen molar-refractivity contribution in [1.29, 1.82) is 0 Å². The van der Waals surface area contributed by atoms with E-state index in [9.17, 15) is 0 Å². The third-order valence-corrected chi connectivity index (χ3v) is 14.3. The number of rotatable bonds is 5. The second-order valence-electron chi connectivity index (χ2n) is 5.40. The van der Waals surface area contributed by atoms with Crippen LogP contribution in [0.3, 0.4) is 0 Å². The van der Waals surface area contributed by atoms with Gasteiger partial charge in [-0.3, -0.25) is 0 Å². The Labute approximate surface area is 163 Å². The summed E-state index contributed by atoms with van der Waals surface area (Å²) in [6, 6.07) is 26.8. The normalized spacial score (nSPS) is 12.4. The predicted octanol–water partition coefficient (Wildman–Crippen LogP) is 2.66. The van der Waals surface area contributed by atoms with E-state index in [-0.39, 0.29) is 0 Å². The zero-order valence-electron chi connectivity index (χ0n) is 14.4. The van der Waals surface area contributed by atoms with E-state index in [1.54, 1.807) is 15.0 Å². The fourth-order valence-corrected chi connectivity index (χ4v) is 11.5. The molecule has 0 atom stereocenters. The first-order valence-electron chi connectivity index (χ1n) is 8.11. The van der Waals surface area contributed by atoms with Gasteiger partial charge in [-0.05, 0) is 0 Å². The summed E-state index contributed by atoms with van der Waals surface area (Å²) >= 11 is -2.09. The Morgan fingerprint density at radius 3 is 1.96 bits per heavy atom. The van der Waals surface area contributed by atoms with Gasteiger partial charge in [0.2, 0.25) is 0 Å². The SMILES string of the molecule is C/C(=N\N=C(/N)[S][Sb]([c]1ccccc1)[c]1ccccc1)c1ccccn1. The molecule has 0 saturated carbocycles. The van der Waals surface area contributed by atoms with E-state index in [0.717, 1.165) is 11.4 Å². The molecular weight excluding hydrogens is 450 g/mol. The topological polar surface area (TPSA) is 63.6 Å². The molecule has 1 heterocycles. The molecule has 0 unspecified atom stereocenters. The Kier molecular flexibility index (Phi) is 6.87. The van der Waals surface area contributed by atoms with Gasteiger partial charge in [0.05, 0.1) is 0 Å². The van der Waals surface area contributed by atoms with Crippen molar-refractivity contribution in [2.75, 3.05) is 0 Å². The molecule has 0 aliphatic carbocycles. The van der Waals surface area contributed by atoms with Gasteiger partial charge in [-0.2, -0.15) is 0 Å². The Balaban J connectivity index is 1.83. The summed E-state index contributed by atoms with van der Waals surface area (Å²) in [6.07, 6.45) is 1.74. The number of amidine groups is 1. The predicted molar refractivity (Wildman–Crippen MR) is 114 cm³/mol. The fourth-order valence-electron chi connectivity index (χ4n) is 2.25. The molecule has 3 rings (SSSR count). The average molecular weight is 469 g/mol. The van der Waals surface area contributed by atoms with Crippen LogP contribution in [0.4, 0.5) is 0 Å². The van der Waals surface area contributed by atoms with E-state index in [2.05, 4.69) is 63.7 Å². The van der Waals surface area contributed by atoms with Crippen molar-refractivity contribution in [3.8, 4) is 0 Å². The summed E-state index contributed by atoms with van der Waals surface area (Å²) < 4.78 is 2.71. The second-order valence-corrected chi connectivity index (χ2v) is 14.6. The summed E-state index contributed by atoms with van der Waals surface area (Å²) in [5, 5.41) is 9.00.